The van der Waals surface area contributed by atoms with Gasteiger partial charge in [0, 0.05) is 0 Å². The molecule has 1 aliphatic heterocycles. The van der Waals surface area contributed by atoms with Gasteiger partial charge in [0.15, 0.2) is 0 Å². The topological polar surface area (TPSA) is 61.8 Å². The maximum atomic E-state index is 12.5. The maximum absolute atomic E-state index is 12.5. The number of rotatable bonds is 9. The molecule has 5 nitrogen and oxygen atoms in total. The zero-order valence-corrected chi connectivity index (χ0v) is 26.8. The van der Waals surface area contributed by atoms with E-state index in [1.807, 2.05) is 13.8 Å². The molecule has 2 aromatic carbocycles. The minimum Gasteiger partial charge on any atom is -0.543 e. The number of aryl methyl sites for hydroxylation is 2. The van der Waals surface area contributed by atoms with E-state index in [0.29, 0.717) is 0 Å². The summed E-state index contributed by atoms with van der Waals surface area (Å²) in [5.41, 5.74) is 5.15. The Hall–Kier alpha value is -2.09. The van der Waals surface area contributed by atoms with Crippen LogP contribution in [0.2, 0.25) is 18.1 Å². The summed E-state index contributed by atoms with van der Waals surface area (Å²) in [4.78, 5) is 0.182. The lowest BCUT2D eigenvalue weighted by Gasteiger charge is -2.39. The predicted octanol–water partition coefficient (Wildman–Crippen LogP) is 8.21. The lowest BCUT2D eigenvalue weighted by atomic mass is 9.87. The molecular weight excluding hydrogens is 512 g/mol. The van der Waals surface area contributed by atoms with Gasteiger partial charge in [-0.2, -0.15) is 8.42 Å². The highest BCUT2D eigenvalue weighted by Crippen LogP contribution is 2.44. The average molecular weight is 559 g/mol. The molecule has 2 aromatic rings. The Morgan fingerprint density at radius 3 is 2.34 bits per heavy atom. The third kappa shape index (κ3) is 7.10. The van der Waals surface area contributed by atoms with E-state index in [0.717, 1.165) is 59.4 Å². The molecule has 1 aliphatic rings. The standard InChI is InChI=1S/C31H46O5SSi/c1-22-13-15-27(16-14-22)37(32,33)34-21-23(2)12-11-18-31(8)19-17-26-20-28(24(3)25(4)29(26)35-31)36-38(9,10)30(5,6)7/h12-16,20H,11,17-19,21H2,1-10H3/b23-12+/t31-/m1/s1. The summed E-state index contributed by atoms with van der Waals surface area (Å²) >= 11 is 0. The molecule has 38 heavy (non-hydrogen) atoms. The first-order valence-electron chi connectivity index (χ1n) is 13.6. The fraction of sp³-hybridized carbons (Fsp3) is 0.548. The Balaban J connectivity index is 1.63. The molecule has 3 rings (SSSR count). The van der Waals surface area contributed by atoms with E-state index in [1.54, 1.807) is 24.3 Å². The highest BCUT2D eigenvalue weighted by molar-refractivity contribution is 7.86. The van der Waals surface area contributed by atoms with Gasteiger partial charge in [0.25, 0.3) is 10.1 Å². The second-order valence-corrected chi connectivity index (χ2v) is 19.0. The van der Waals surface area contributed by atoms with E-state index in [9.17, 15) is 8.42 Å². The van der Waals surface area contributed by atoms with E-state index < -0.39 is 18.4 Å². The fourth-order valence-electron chi connectivity index (χ4n) is 4.29. The third-order valence-corrected chi connectivity index (χ3v) is 13.9. The first-order valence-corrected chi connectivity index (χ1v) is 17.9. The monoisotopic (exact) mass is 558 g/mol. The predicted molar refractivity (Wildman–Crippen MR) is 158 cm³/mol. The van der Waals surface area contributed by atoms with Gasteiger partial charge < -0.3 is 9.16 Å². The molecule has 0 fully saturated rings. The summed E-state index contributed by atoms with van der Waals surface area (Å²) in [6, 6.07) is 8.90. The van der Waals surface area contributed by atoms with Gasteiger partial charge in [-0.3, -0.25) is 4.18 Å². The molecule has 0 spiro atoms. The lowest BCUT2D eigenvalue weighted by molar-refractivity contribution is 0.0561. The largest absolute Gasteiger partial charge is 0.543 e. The van der Waals surface area contributed by atoms with Crippen molar-refractivity contribution in [3.8, 4) is 11.5 Å². The SMILES string of the molecule is C/C(=C\CC[C@]1(C)CCc2cc(O[Si](C)(C)C(C)(C)C)c(C)c(C)c2O1)COS(=O)(=O)c1ccc(C)cc1. The first kappa shape index (κ1) is 30.4. The molecule has 0 saturated carbocycles. The van der Waals surface area contributed by atoms with Crippen LogP contribution in [0.1, 0.15) is 76.1 Å². The van der Waals surface area contributed by atoms with Crippen LogP contribution < -0.4 is 9.16 Å². The minimum absolute atomic E-state index is 0.0475. The second-order valence-electron chi connectivity index (χ2n) is 12.6. The molecule has 1 atom stereocenters. The second kappa shape index (κ2) is 11.2. The number of hydrogen-bond acceptors (Lipinski definition) is 5. The summed E-state index contributed by atoms with van der Waals surface area (Å²) in [6.45, 7) is 21.7. The van der Waals surface area contributed by atoms with Crippen molar-refractivity contribution in [2.45, 2.75) is 110 Å². The van der Waals surface area contributed by atoms with Gasteiger partial charge in [-0.15, -0.1) is 0 Å². The van der Waals surface area contributed by atoms with Crippen molar-refractivity contribution in [2.75, 3.05) is 6.61 Å². The van der Waals surface area contributed by atoms with Crippen LogP contribution in [-0.4, -0.2) is 28.9 Å². The van der Waals surface area contributed by atoms with Crippen molar-refractivity contribution in [2.24, 2.45) is 0 Å². The van der Waals surface area contributed by atoms with Crippen LogP contribution in [-0.2, 0) is 20.7 Å². The van der Waals surface area contributed by atoms with Crippen molar-refractivity contribution in [1.82, 2.24) is 0 Å². The highest BCUT2D eigenvalue weighted by Gasteiger charge is 2.40. The molecule has 0 bridgehead atoms. The zero-order chi connectivity index (χ0) is 28.5. The minimum atomic E-state index is -3.77. The Bertz CT molecular complexity index is 1290. The molecule has 1 heterocycles. The van der Waals surface area contributed by atoms with E-state index in [4.69, 9.17) is 13.3 Å². The number of benzene rings is 2. The van der Waals surface area contributed by atoms with Crippen molar-refractivity contribution < 1.29 is 21.8 Å². The average Bonchev–Trinajstić information content (AvgIpc) is 2.81. The fourth-order valence-corrected chi connectivity index (χ4v) is 6.30. The molecule has 0 N–H and O–H groups in total. The van der Waals surface area contributed by atoms with E-state index in [1.165, 1.54) is 5.56 Å². The van der Waals surface area contributed by atoms with Crippen LogP contribution in [0.15, 0.2) is 46.9 Å². The Labute approximate surface area is 231 Å². The molecule has 0 unspecified atom stereocenters. The number of fused-ring (bicyclic) bond motifs is 1. The normalized spacial score (nSPS) is 18.6. The molecule has 210 valence electrons. The van der Waals surface area contributed by atoms with Crippen LogP contribution in [0, 0.1) is 20.8 Å². The quantitative estimate of drug-likeness (QED) is 0.176. The van der Waals surface area contributed by atoms with Crippen molar-refractivity contribution in [3.05, 3.63) is 64.2 Å². The summed E-state index contributed by atoms with van der Waals surface area (Å²) in [5, 5.41) is 0.139. The number of hydrogen-bond donors (Lipinski definition) is 0. The highest BCUT2D eigenvalue weighted by atomic mass is 32.2. The van der Waals surface area contributed by atoms with Gasteiger partial charge in [0.2, 0.25) is 8.32 Å². The van der Waals surface area contributed by atoms with Crippen molar-refractivity contribution >= 4 is 18.4 Å². The molecule has 0 aliphatic carbocycles. The van der Waals surface area contributed by atoms with E-state index in [2.05, 4.69) is 66.8 Å². The van der Waals surface area contributed by atoms with Gasteiger partial charge in [0.05, 0.1) is 11.5 Å². The van der Waals surface area contributed by atoms with Crippen LogP contribution in [0.4, 0.5) is 0 Å². The summed E-state index contributed by atoms with van der Waals surface area (Å²) in [6.07, 6.45) is 5.56. The summed E-state index contributed by atoms with van der Waals surface area (Å²) in [5.74, 6) is 1.99. The van der Waals surface area contributed by atoms with Gasteiger partial charge in [-0.25, -0.2) is 0 Å². The van der Waals surface area contributed by atoms with Crippen molar-refractivity contribution in [1.29, 1.82) is 0 Å². The van der Waals surface area contributed by atoms with E-state index >= 15 is 0 Å². The van der Waals surface area contributed by atoms with Gasteiger partial charge >= 0.3 is 0 Å². The summed E-state index contributed by atoms with van der Waals surface area (Å²) in [7, 11) is -5.71. The maximum Gasteiger partial charge on any atom is 0.297 e. The van der Waals surface area contributed by atoms with Crippen LogP contribution in [0.5, 0.6) is 11.5 Å². The zero-order valence-electron chi connectivity index (χ0n) is 24.9. The Morgan fingerprint density at radius 2 is 1.74 bits per heavy atom. The number of ether oxygens (including phenoxy) is 1. The van der Waals surface area contributed by atoms with Gasteiger partial charge in [-0.1, -0.05) is 50.1 Å². The van der Waals surface area contributed by atoms with Crippen LogP contribution >= 0.6 is 0 Å². The smallest absolute Gasteiger partial charge is 0.297 e. The molecule has 0 radical (unpaired) electrons. The van der Waals surface area contributed by atoms with E-state index in [-0.39, 0.29) is 22.1 Å². The molecule has 0 saturated heterocycles. The van der Waals surface area contributed by atoms with Crippen LogP contribution in [0.25, 0.3) is 0 Å². The molecular formula is C31H46O5SSi. The summed E-state index contributed by atoms with van der Waals surface area (Å²) < 4.78 is 43.6. The van der Waals surface area contributed by atoms with Crippen LogP contribution in [0.3, 0.4) is 0 Å². The molecule has 7 heteroatoms. The first-order chi connectivity index (χ1) is 17.4. The van der Waals surface area contributed by atoms with Gasteiger partial charge in [-0.05, 0) is 113 Å². The Morgan fingerprint density at radius 1 is 1.11 bits per heavy atom. The Kier molecular flexibility index (Phi) is 8.96. The van der Waals surface area contributed by atoms with Crippen molar-refractivity contribution in [3.63, 3.8) is 0 Å². The number of allylic oxidation sites excluding steroid dienone is 1. The molecule has 0 amide bonds. The lowest BCUT2D eigenvalue weighted by Crippen LogP contribution is -2.44. The van der Waals surface area contributed by atoms with Gasteiger partial charge in [0.1, 0.15) is 17.1 Å². The molecule has 0 aromatic heterocycles. The third-order valence-electron chi connectivity index (χ3n) is 8.23.